The molecule has 8 atom stereocenters. The molecule has 7 unspecified atom stereocenters. The Balaban J connectivity index is 0.875. The van der Waals surface area contributed by atoms with Crippen LogP contribution in [0.15, 0.2) is 0 Å². The van der Waals surface area contributed by atoms with E-state index < -0.39 is 85.3 Å². The van der Waals surface area contributed by atoms with Gasteiger partial charge in [-0.3, -0.25) is 49.1 Å². The maximum Gasteiger partial charge on any atom is 0.249 e. The van der Waals surface area contributed by atoms with E-state index in [1.165, 1.54) is 36.4 Å². The fourth-order valence-electron chi connectivity index (χ4n) is 9.72. The van der Waals surface area contributed by atoms with Gasteiger partial charge in [0.25, 0.3) is 0 Å². The van der Waals surface area contributed by atoms with E-state index in [0.29, 0.717) is 44.1 Å². The molecule has 0 spiro atoms. The number of fused-ring (bicyclic) bond motifs is 1. The van der Waals surface area contributed by atoms with Gasteiger partial charge in [-0.1, -0.05) is 25.7 Å². The van der Waals surface area contributed by atoms with Crippen LogP contribution in [0.4, 0.5) is 0 Å². The second kappa shape index (κ2) is 22.3. The van der Waals surface area contributed by atoms with Crippen molar-refractivity contribution in [2.24, 2.45) is 23.7 Å². The summed E-state index contributed by atoms with van der Waals surface area (Å²) in [5, 5.41) is 17.3. The number of nitrogens with zero attached hydrogens (tertiary/aromatic N) is 2. The van der Waals surface area contributed by atoms with Crippen LogP contribution in [0.25, 0.3) is 0 Å². The molecule has 2 aliphatic carbocycles. The first-order valence-electron chi connectivity index (χ1n) is 22.4. The lowest BCUT2D eigenvalue weighted by Gasteiger charge is -2.31. The van der Waals surface area contributed by atoms with Gasteiger partial charge in [0.2, 0.25) is 51.4 Å². The standard InChI is InChI=1S/C40H64N8O12S3/c1-62(56,57)47-18-14-26(23-47)35(51)43-29(36(52)46-40-44-30(24-61-40)25-7-3-2-4-8-25)15-20-60-19-6-11-32(49)42-17-22-63(58,59)21-16-41-28-10-5-9-27-34(28)39(55)48(38(27)54)31-12-13-33(50)45-37(31)53/h25-31,34,40-41,44H,2-24H2,1H3,(H,42,49)(H,43,51)(H,46,52)(H,45,50,53)/t26?,27?,28?,29-,30?,31?,34?,40?/m0/s1. The number of imide groups is 2. The maximum absolute atomic E-state index is 13.5. The van der Waals surface area contributed by atoms with Gasteiger partial charge in [0.05, 0.1) is 35.5 Å². The Bertz CT molecular complexity index is 1930. The topological polar surface area (TPSA) is 276 Å². The minimum atomic E-state index is -3.60. The number of hydrogen-bond acceptors (Lipinski definition) is 15. The van der Waals surface area contributed by atoms with Crippen LogP contribution in [0, 0.1) is 23.7 Å². The van der Waals surface area contributed by atoms with Crippen LogP contribution >= 0.6 is 11.8 Å². The zero-order valence-corrected chi connectivity index (χ0v) is 38.4. The molecule has 7 amide bonds. The highest BCUT2D eigenvalue weighted by molar-refractivity contribution is 8.00. The Labute approximate surface area is 374 Å². The number of hydrogen-bond donors (Lipinski definition) is 6. The molecule has 4 saturated heterocycles. The largest absolute Gasteiger partial charge is 0.381 e. The summed E-state index contributed by atoms with van der Waals surface area (Å²) in [6.07, 6.45) is 9.80. The highest BCUT2D eigenvalue weighted by Gasteiger charge is 2.55. The summed E-state index contributed by atoms with van der Waals surface area (Å²) in [4.78, 5) is 91.0. The van der Waals surface area contributed by atoms with E-state index in [9.17, 15) is 50.4 Å². The number of carbonyl (C=O) groups excluding carboxylic acids is 7. The number of piperidine rings is 1. The van der Waals surface area contributed by atoms with Gasteiger partial charge in [-0.2, -0.15) is 0 Å². The second-order valence-electron chi connectivity index (χ2n) is 17.7. The molecule has 4 aliphatic heterocycles. The monoisotopic (exact) mass is 944 g/mol. The summed E-state index contributed by atoms with van der Waals surface area (Å²) in [5.74, 6) is -4.16. The first-order valence-corrected chi connectivity index (χ1v) is 27.1. The molecule has 6 N–H and O–H groups in total. The Hall–Kier alpha value is -3.22. The van der Waals surface area contributed by atoms with Crippen molar-refractivity contribution in [1.29, 1.82) is 0 Å². The molecule has 23 heteroatoms. The number of carbonyl (C=O) groups is 7. The fourth-order valence-corrected chi connectivity index (χ4v) is 12.9. The number of nitrogens with one attached hydrogen (secondary N) is 6. The highest BCUT2D eigenvalue weighted by Crippen LogP contribution is 2.40. The minimum Gasteiger partial charge on any atom is -0.381 e. The molecule has 2 saturated carbocycles. The maximum atomic E-state index is 13.5. The van der Waals surface area contributed by atoms with Gasteiger partial charge in [0.15, 0.2) is 9.84 Å². The molecule has 0 aromatic heterocycles. The minimum absolute atomic E-state index is 0.0298. The third kappa shape index (κ3) is 13.4. The molecule has 6 rings (SSSR count). The number of rotatable bonds is 21. The molecule has 0 aromatic carbocycles. The van der Waals surface area contributed by atoms with Gasteiger partial charge in [-0.05, 0) is 57.3 Å². The number of likely N-dealkylation sites (tertiary alicyclic amines) is 1. The third-order valence-corrected chi connectivity index (χ3v) is 17.3. The van der Waals surface area contributed by atoms with E-state index in [-0.39, 0.29) is 93.9 Å². The number of ether oxygens (including phenoxy) is 1. The van der Waals surface area contributed by atoms with Crippen LogP contribution in [-0.4, -0.2) is 160 Å². The van der Waals surface area contributed by atoms with Gasteiger partial charge in [-0.25, -0.2) is 21.1 Å². The van der Waals surface area contributed by atoms with Crippen LogP contribution in [0.1, 0.15) is 89.9 Å². The first kappa shape index (κ1) is 49.2. The van der Waals surface area contributed by atoms with Crippen molar-refractivity contribution >= 4 is 73.0 Å². The predicted octanol–water partition coefficient (Wildman–Crippen LogP) is -1.30. The summed E-state index contributed by atoms with van der Waals surface area (Å²) >= 11 is 1.63. The average Bonchev–Trinajstić information content (AvgIpc) is 3.99. The summed E-state index contributed by atoms with van der Waals surface area (Å²) in [6, 6.07) is -2.10. The molecule has 63 heavy (non-hydrogen) atoms. The molecule has 4 heterocycles. The average molecular weight is 945 g/mol. The molecule has 354 valence electrons. The van der Waals surface area contributed by atoms with Gasteiger partial charge < -0.3 is 26.0 Å². The normalized spacial score (nSPS) is 29.0. The SMILES string of the molecule is CS(=O)(=O)N1CCC(C(=O)N[C@@H](CCOCCCC(=O)NCCS(=O)(=O)CCNC2CCCC3C(=O)N(C4CCC(=O)NC4=O)C(=O)C23)C(=O)NC2NC(C3CCCCC3)CS2)C1. The fraction of sp³-hybridized carbons (Fsp3) is 0.825. The van der Waals surface area contributed by atoms with Gasteiger partial charge >= 0.3 is 0 Å². The van der Waals surface area contributed by atoms with E-state index in [1.807, 2.05) is 0 Å². The third-order valence-electron chi connectivity index (χ3n) is 13.2. The summed E-state index contributed by atoms with van der Waals surface area (Å²) in [6.45, 7) is 0.501. The lowest BCUT2D eigenvalue weighted by molar-refractivity contribution is -0.151. The van der Waals surface area contributed by atoms with E-state index in [0.717, 1.165) is 16.9 Å². The van der Waals surface area contributed by atoms with Gasteiger partial charge in [0.1, 0.15) is 17.6 Å². The van der Waals surface area contributed by atoms with Crippen LogP contribution < -0.4 is 31.9 Å². The van der Waals surface area contributed by atoms with Crippen molar-refractivity contribution in [1.82, 2.24) is 41.1 Å². The Morgan fingerprint density at radius 3 is 2.40 bits per heavy atom. The zero-order valence-electron chi connectivity index (χ0n) is 36.0. The molecule has 6 fully saturated rings. The molecule has 6 aliphatic rings. The van der Waals surface area contributed by atoms with Crippen LogP contribution in [0.3, 0.4) is 0 Å². The van der Waals surface area contributed by atoms with Crippen LogP contribution in [-0.2, 0) is 58.2 Å². The van der Waals surface area contributed by atoms with Crippen molar-refractivity contribution in [2.75, 3.05) is 62.9 Å². The lowest BCUT2D eigenvalue weighted by Crippen LogP contribution is -2.55. The number of thioether (sulfide) groups is 1. The Morgan fingerprint density at radius 2 is 1.67 bits per heavy atom. The van der Waals surface area contributed by atoms with Crippen molar-refractivity contribution < 1.29 is 55.1 Å². The molecular weight excluding hydrogens is 881 g/mol. The molecular formula is C40H64N8O12S3. The van der Waals surface area contributed by atoms with Gasteiger partial charge in [0, 0.05) is 70.1 Å². The lowest BCUT2D eigenvalue weighted by atomic mass is 9.77. The van der Waals surface area contributed by atoms with Crippen LogP contribution in [0.2, 0.25) is 0 Å². The van der Waals surface area contributed by atoms with Crippen LogP contribution in [0.5, 0.6) is 0 Å². The summed E-state index contributed by atoms with van der Waals surface area (Å²) in [5.41, 5.74) is -0.301. The number of sulfone groups is 1. The predicted molar refractivity (Wildman–Crippen MR) is 231 cm³/mol. The number of amides is 7. The molecule has 0 radical (unpaired) electrons. The molecule has 20 nitrogen and oxygen atoms in total. The van der Waals surface area contributed by atoms with Crippen molar-refractivity contribution in [3.8, 4) is 0 Å². The van der Waals surface area contributed by atoms with E-state index in [1.54, 1.807) is 11.8 Å². The summed E-state index contributed by atoms with van der Waals surface area (Å²) in [7, 11) is -7.05. The molecule has 0 aromatic rings. The second-order valence-corrected chi connectivity index (χ2v) is 23.1. The van der Waals surface area contributed by atoms with Gasteiger partial charge in [-0.15, -0.1) is 11.8 Å². The van der Waals surface area contributed by atoms with Crippen molar-refractivity contribution in [3.63, 3.8) is 0 Å². The van der Waals surface area contributed by atoms with E-state index >= 15 is 0 Å². The summed E-state index contributed by atoms with van der Waals surface area (Å²) < 4.78 is 56.7. The van der Waals surface area contributed by atoms with Crippen molar-refractivity contribution in [3.05, 3.63) is 0 Å². The van der Waals surface area contributed by atoms with E-state index in [4.69, 9.17) is 4.74 Å². The smallest absolute Gasteiger partial charge is 0.249 e. The number of sulfonamides is 1. The Morgan fingerprint density at radius 1 is 0.905 bits per heavy atom. The zero-order chi connectivity index (χ0) is 45.3. The molecule has 0 bridgehead atoms. The quantitative estimate of drug-likeness (QED) is 0.0577. The Kier molecular flexibility index (Phi) is 17.4. The van der Waals surface area contributed by atoms with E-state index in [2.05, 4.69) is 31.9 Å². The van der Waals surface area contributed by atoms with Crippen molar-refractivity contribution in [2.45, 2.75) is 120 Å². The first-order chi connectivity index (χ1) is 30.0. The highest BCUT2D eigenvalue weighted by atomic mass is 32.2.